The van der Waals surface area contributed by atoms with Gasteiger partial charge in [0.25, 0.3) is 0 Å². The number of carbonyl (C=O) groups is 1. The monoisotopic (exact) mass is 314 g/mol. The van der Waals surface area contributed by atoms with Crippen LogP contribution in [0.3, 0.4) is 0 Å². The van der Waals surface area contributed by atoms with Crippen molar-refractivity contribution in [1.29, 1.82) is 0 Å². The second-order valence-corrected chi connectivity index (χ2v) is 6.48. The average Bonchev–Trinajstić information content (AvgIpc) is 2.30. The fraction of sp³-hybridized carbons (Fsp3) is 0.917. The highest BCUT2D eigenvalue weighted by Gasteiger charge is 2.30. The molecule has 1 fully saturated rings. The van der Waals surface area contributed by atoms with Gasteiger partial charge in [-0.1, -0.05) is 6.92 Å². The zero-order chi connectivity index (χ0) is 15.3. The minimum absolute atomic E-state index is 0.108. The van der Waals surface area contributed by atoms with Gasteiger partial charge >= 0.3 is 12.2 Å². The molecular weight excluding hydrogens is 293 g/mol. The van der Waals surface area contributed by atoms with E-state index in [9.17, 15) is 18.0 Å². The van der Waals surface area contributed by atoms with E-state index in [2.05, 4.69) is 17.0 Å². The predicted octanol–water partition coefficient (Wildman–Crippen LogP) is 2.49. The minimum atomic E-state index is -4.34. The number of rotatable bonds is 4. The van der Waals surface area contributed by atoms with Crippen molar-refractivity contribution in [2.45, 2.75) is 44.3 Å². The fourth-order valence-corrected chi connectivity index (χ4v) is 3.01. The third-order valence-electron chi connectivity index (χ3n) is 3.15. The molecule has 1 rings (SSSR count). The third-order valence-corrected chi connectivity index (χ3v) is 4.49. The molecule has 1 N–H and O–H groups in total. The van der Waals surface area contributed by atoms with Crippen molar-refractivity contribution in [2.75, 3.05) is 25.5 Å². The lowest BCUT2D eigenvalue weighted by Crippen LogP contribution is -2.54. The third kappa shape index (κ3) is 5.78. The molecular formula is C12H21F3N2O2S. The van der Waals surface area contributed by atoms with E-state index in [1.807, 2.05) is 18.7 Å². The van der Waals surface area contributed by atoms with E-state index in [1.54, 1.807) is 11.8 Å². The molecule has 0 aromatic carbocycles. The first-order valence-electron chi connectivity index (χ1n) is 6.54. The predicted molar refractivity (Wildman–Crippen MR) is 73.0 cm³/mol. The summed E-state index contributed by atoms with van der Waals surface area (Å²) in [5.41, 5.74) is 0. The average molecular weight is 314 g/mol. The number of nitrogens with one attached hydrogen (secondary N) is 1. The van der Waals surface area contributed by atoms with Crippen molar-refractivity contribution in [3.05, 3.63) is 0 Å². The van der Waals surface area contributed by atoms with Gasteiger partial charge in [-0.15, -0.1) is 0 Å². The Morgan fingerprint density at radius 3 is 2.75 bits per heavy atom. The highest BCUT2D eigenvalue weighted by atomic mass is 32.2. The van der Waals surface area contributed by atoms with E-state index >= 15 is 0 Å². The van der Waals surface area contributed by atoms with Crippen LogP contribution in [0.5, 0.6) is 0 Å². The molecule has 1 saturated heterocycles. The first-order valence-corrected chi connectivity index (χ1v) is 7.59. The second-order valence-electron chi connectivity index (χ2n) is 4.99. The van der Waals surface area contributed by atoms with Crippen molar-refractivity contribution in [3.8, 4) is 0 Å². The van der Waals surface area contributed by atoms with Gasteiger partial charge < -0.3 is 15.0 Å². The Balaban J connectivity index is 2.34. The zero-order valence-electron chi connectivity index (χ0n) is 11.9. The molecule has 0 bridgehead atoms. The topological polar surface area (TPSA) is 41.6 Å². The van der Waals surface area contributed by atoms with Gasteiger partial charge in [0, 0.05) is 23.6 Å². The molecule has 0 aromatic rings. The molecule has 2 amide bonds. The van der Waals surface area contributed by atoms with E-state index in [0.29, 0.717) is 11.8 Å². The maximum Gasteiger partial charge on any atom is 0.411 e. The van der Waals surface area contributed by atoms with Gasteiger partial charge in [0.15, 0.2) is 0 Å². The SMILES string of the molecule is C[C@H](COCC(F)(F)F)NC(=O)N1CCS[C@@H](C)[C@H]1C. The van der Waals surface area contributed by atoms with Crippen LogP contribution in [0.1, 0.15) is 20.8 Å². The summed E-state index contributed by atoms with van der Waals surface area (Å²) in [6.07, 6.45) is -4.34. The number of urea groups is 1. The van der Waals surface area contributed by atoms with E-state index < -0.39 is 18.8 Å². The van der Waals surface area contributed by atoms with Crippen molar-refractivity contribution in [2.24, 2.45) is 0 Å². The van der Waals surface area contributed by atoms with Crippen LogP contribution < -0.4 is 5.32 Å². The van der Waals surface area contributed by atoms with Gasteiger partial charge in [-0.2, -0.15) is 24.9 Å². The summed E-state index contributed by atoms with van der Waals surface area (Å²) >= 11 is 1.81. The number of thioether (sulfide) groups is 1. The minimum Gasteiger partial charge on any atom is -0.370 e. The molecule has 1 aliphatic rings. The lowest BCUT2D eigenvalue weighted by atomic mass is 10.2. The van der Waals surface area contributed by atoms with E-state index in [4.69, 9.17) is 0 Å². The van der Waals surface area contributed by atoms with Crippen LogP contribution in [-0.2, 0) is 4.74 Å². The number of halogens is 3. The standard InChI is InChI=1S/C12H21F3N2O2S/c1-8(6-19-7-12(13,14)15)16-11(18)17-4-5-20-10(3)9(17)2/h8-10H,4-7H2,1-3H3,(H,16,18)/t8-,9-,10+/m1/s1. The fourth-order valence-electron chi connectivity index (χ4n) is 1.91. The molecule has 0 aromatic heterocycles. The maximum absolute atomic E-state index is 12.1. The van der Waals surface area contributed by atoms with Gasteiger partial charge in [-0.05, 0) is 13.8 Å². The van der Waals surface area contributed by atoms with Gasteiger partial charge in [-0.25, -0.2) is 4.79 Å². The van der Waals surface area contributed by atoms with E-state index in [1.165, 1.54) is 0 Å². The van der Waals surface area contributed by atoms with E-state index in [-0.39, 0.29) is 18.7 Å². The van der Waals surface area contributed by atoms with E-state index in [0.717, 1.165) is 5.75 Å². The van der Waals surface area contributed by atoms with Crippen LogP contribution >= 0.6 is 11.8 Å². The quantitative estimate of drug-likeness (QED) is 0.867. The molecule has 20 heavy (non-hydrogen) atoms. The Labute approximate surface area is 121 Å². The van der Waals surface area contributed by atoms with Gasteiger partial charge in [0.05, 0.1) is 12.6 Å². The van der Waals surface area contributed by atoms with Gasteiger partial charge in [-0.3, -0.25) is 0 Å². The molecule has 118 valence electrons. The first kappa shape index (κ1) is 17.4. The van der Waals surface area contributed by atoms with Crippen LogP contribution in [0.2, 0.25) is 0 Å². The molecule has 0 unspecified atom stereocenters. The lowest BCUT2D eigenvalue weighted by molar-refractivity contribution is -0.174. The second kappa shape index (κ2) is 7.40. The van der Waals surface area contributed by atoms with Crippen LogP contribution in [0, 0.1) is 0 Å². The van der Waals surface area contributed by atoms with Crippen molar-refractivity contribution in [3.63, 3.8) is 0 Å². The molecule has 0 spiro atoms. The molecule has 3 atom stereocenters. The largest absolute Gasteiger partial charge is 0.411 e. The Bertz CT molecular complexity index is 328. The Hall–Kier alpha value is -0.630. The normalized spacial score (nSPS) is 25.4. The number of carbonyl (C=O) groups excluding carboxylic acids is 1. The summed E-state index contributed by atoms with van der Waals surface area (Å²) in [5, 5.41) is 3.03. The Morgan fingerprint density at radius 2 is 2.15 bits per heavy atom. The highest BCUT2D eigenvalue weighted by molar-refractivity contribution is 8.00. The maximum atomic E-state index is 12.1. The summed E-state index contributed by atoms with van der Waals surface area (Å²) in [6.45, 7) is 4.86. The number of hydrogen-bond donors (Lipinski definition) is 1. The molecule has 1 heterocycles. The van der Waals surface area contributed by atoms with Crippen LogP contribution in [0.25, 0.3) is 0 Å². The number of amides is 2. The first-order chi connectivity index (χ1) is 9.20. The lowest BCUT2D eigenvalue weighted by Gasteiger charge is -2.38. The molecule has 0 saturated carbocycles. The molecule has 8 heteroatoms. The number of hydrogen-bond acceptors (Lipinski definition) is 3. The highest BCUT2D eigenvalue weighted by Crippen LogP contribution is 2.24. The molecule has 1 aliphatic heterocycles. The number of alkyl halides is 3. The van der Waals surface area contributed by atoms with Gasteiger partial charge in [0.1, 0.15) is 6.61 Å². The number of nitrogens with zero attached hydrogens (tertiary/aromatic N) is 1. The van der Waals surface area contributed by atoms with Crippen LogP contribution in [0.15, 0.2) is 0 Å². The summed E-state index contributed by atoms with van der Waals surface area (Å²) in [6, 6.07) is -0.591. The smallest absolute Gasteiger partial charge is 0.370 e. The summed E-state index contributed by atoms with van der Waals surface area (Å²) in [5.74, 6) is 0.873. The van der Waals surface area contributed by atoms with Crippen molar-refractivity contribution >= 4 is 17.8 Å². The summed E-state index contributed by atoms with van der Waals surface area (Å²) in [4.78, 5) is 13.8. The Kier molecular flexibility index (Phi) is 6.44. The molecule has 4 nitrogen and oxygen atoms in total. The molecule has 0 aliphatic carbocycles. The summed E-state index contributed by atoms with van der Waals surface area (Å²) in [7, 11) is 0. The van der Waals surface area contributed by atoms with Crippen molar-refractivity contribution < 1.29 is 22.7 Å². The summed E-state index contributed by atoms with van der Waals surface area (Å²) < 4.78 is 40.3. The van der Waals surface area contributed by atoms with Crippen LogP contribution in [-0.4, -0.2) is 60.0 Å². The Morgan fingerprint density at radius 1 is 1.50 bits per heavy atom. The molecule has 0 radical (unpaired) electrons. The van der Waals surface area contributed by atoms with Crippen molar-refractivity contribution in [1.82, 2.24) is 10.2 Å². The van der Waals surface area contributed by atoms with Gasteiger partial charge in [0.2, 0.25) is 0 Å². The number of ether oxygens (including phenoxy) is 1. The van der Waals surface area contributed by atoms with Crippen LogP contribution in [0.4, 0.5) is 18.0 Å². The zero-order valence-corrected chi connectivity index (χ0v) is 12.7.